The van der Waals surface area contributed by atoms with Crippen molar-refractivity contribution >= 4 is 29.4 Å². The summed E-state index contributed by atoms with van der Waals surface area (Å²) in [5.41, 5.74) is 4.43. The zero-order valence-electron chi connectivity index (χ0n) is 21.6. The van der Waals surface area contributed by atoms with Crippen LogP contribution in [0.1, 0.15) is 28.8 Å². The van der Waals surface area contributed by atoms with Crippen LogP contribution in [-0.2, 0) is 38.1 Å². The van der Waals surface area contributed by atoms with Crippen LogP contribution >= 0.6 is 11.6 Å². The molecule has 1 saturated heterocycles. The fourth-order valence-corrected chi connectivity index (χ4v) is 5.18. The molecule has 0 saturated carbocycles. The van der Waals surface area contributed by atoms with Crippen molar-refractivity contribution in [1.29, 1.82) is 0 Å². The molecule has 2 aromatic carbocycles. The molecule has 6 rings (SSSR count). The van der Waals surface area contributed by atoms with E-state index < -0.39 is 11.8 Å². The lowest BCUT2D eigenvalue weighted by atomic mass is 10.1. The summed E-state index contributed by atoms with van der Waals surface area (Å²) in [6.45, 7) is 2.40. The van der Waals surface area contributed by atoms with Gasteiger partial charge in [-0.3, -0.25) is 24.9 Å². The van der Waals surface area contributed by atoms with Crippen molar-refractivity contribution in [3.8, 4) is 17.3 Å². The van der Waals surface area contributed by atoms with Crippen molar-refractivity contribution < 1.29 is 18.7 Å². The summed E-state index contributed by atoms with van der Waals surface area (Å²) in [4.78, 5) is 40.9. The molecule has 204 valence electrons. The van der Waals surface area contributed by atoms with Gasteiger partial charge in [-0.05, 0) is 29.3 Å². The Hall–Kier alpha value is -4.35. The number of ether oxygens (including phenoxy) is 1. The maximum Gasteiger partial charge on any atom is 0.329 e. The number of amides is 3. The Labute approximate surface area is 234 Å². The van der Waals surface area contributed by atoms with Gasteiger partial charge in [0.25, 0.3) is 0 Å². The highest BCUT2D eigenvalue weighted by Gasteiger charge is 2.28. The summed E-state index contributed by atoms with van der Waals surface area (Å²) in [7, 11) is 1.86. The molecular formula is C28H25ClFN7O3. The summed E-state index contributed by atoms with van der Waals surface area (Å²) in [6, 6.07) is 10.3. The zero-order chi connectivity index (χ0) is 27.8. The van der Waals surface area contributed by atoms with Gasteiger partial charge in [-0.2, -0.15) is 0 Å². The molecule has 0 spiro atoms. The number of aromatic nitrogens is 4. The summed E-state index contributed by atoms with van der Waals surface area (Å²) in [6.07, 6.45) is 5.10. The number of hydrogen-bond donors (Lipinski definition) is 1. The van der Waals surface area contributed by atoms with Crippen molar-refractivity contribution in [2.75, 3.05) is 11.4 Å². The lowest BCUT2D eigenvalue weighted by Crippen LogP contribution is -2.50. The first-order valence-electron chi connectivity index (χ1n) is 12.7. The maximum absolute atomic E-state index is 14.0. The predicted octanol–water partition coefficient (Wildman–Crippen LogP) is 4.21. The number of nitrogens with zero attached hydrogens (tertiary/aromatic N) is 6. The van der Waals surface area contributed by atoms with Crippen LogP contribution in [0.3, 0.4) is 0 Å². The number of halogens is 2. The summed E-state index contributed by atoms with van der Waals surface area (Å²) >= 11 is 6.06. The number of hydrogen-bond acceptors (Lipinski definition) is 7. The Morgan fingerprint density at radius 1 is 1.05 bits per heavy atom. The molecule has 1 N–H and O–H groups in total. The molecule has 40 heavy (non-hydrogen) atoms. The molecule has 2 aliphatic rings. The minimum atomic E-state index is -0.437. The number of imidazole rings is 1. The number of benzene rings is 2. The molecule has 4 heterocycles. The predicted molar refractivity (Wildman–Crippen MR) is 145 cm³/mol. The first kappa shape index (κ1) is 25.9. The van der Waals surface area contributed by atoms with E-state index in [1.54, 1.807) is 24.5 Å². The third kappa shape index (κ3) is 5.13. The standard InChI is InChI=1S/C28H25ClFN7O3/c1-35-26(37-8-7-24(38)34-28(37)39)12-33-27(35)17-5-6-18-13-36(14-19(18)9-17)15-20-10-32-25(11-31-20)40-16-21-22(29)3-2-4-23(21)30/h2-6,9-12H,7-8,13-16H2,1H3,(H,34,38,39). The van der Waals surface area contributed by atoms with E-state index >= 15 is 0 Å². The zero-order valence-corrected chi connectivity index (χ0v) is 22.4. The summed E-state index contributed by atoms with van der Waals surface area (Å²) < 4.78 is 21.4. The minimum absolute atomic E-state index is 0.0360. The van der Waals surface area contributed by atoms with Crippen LogP contribution in [0.25, 0.3) is 11.4 Å². The quantitative estimate of drug-likeness (QED) is 0.360. The van der Waals surface area contributed by atoms with Crippen LogP contribution in [0.15, 0.2) is 55.0 Å². The van der Waals surface area contributed by atoms with E-state index in [9.17, 15) is 14.0 Å². The molecule has 3 amide bonds. The van der Waals surface area contributed by atoms with Crippen LogP contribution < -0.4 is 15.0 Å². The molecule has 0 atom stereocenters. The number of carbonyl (C=O) groups excluding carboxylic acids is 2. The van der Waals surface area contributed by atoms with Gasteiger partial charge in [0.05, 0.1) is 29.3 Å². The largest absolute Gasteiger partial charge is 0.472 e. The van der Waals surface area contributed by atoms with Crippen LogP contribution in [0, 0.1) is 5.82 Å². The van der Waals surface area contributed by atoms with Gasteiger partial charge in [-0.1, -0.05) is 29.8 Å². The smallest absolute Gasteiger partial charge is 0.329 e. The third-order valence-electron chi connectivity index (χ3n) is 7.04. The van der Waals surface area contributed by atoms with E-state index in [0.717, 1.165) is 30.2 Å². The lowest BCUT2D eigenvalue weighted by Gasteiger charge is -2.26. The van der Waals surface area contributed by atoms with Crippen LogP contribution in [0.4, 0.5) is 15.0 Å². The second kappa shape index (κ2) is 10.7. The molecule has 2 aliphatic heterocycles. The molecule has 0 radical (unpaired) electrons. The van der Waals surface area contributed by atoms with Gasteiger partial charge in [0, 0.05) is 50.8 Å². The molecular weight excluding hydrogens is 537 g/mol. The molecule has 12 heteroatoms. The molecule has 10 nitrogen and oxygen atoms in total. The van der Waals surface area contributed by atoms with Crippen molar-refractivity contribution in [3.05, 3.63) is 88.2 Å². The first-order valence-corrected chi connectivity index (χ1v) is 13.1. The Kier molecular flexibility index (Phi) is 6.91. The molecule has 2 aromatic heterocycles. The molecule has 0 bridgehead atoms. The fraction of sp³-hybridized carbons (Fsp3) is 0.250. The van der Waals surface area contributed by atoms with Gasteiger partial charge in [0.15, 0.2) is 0 Å². The van der Waals surface area contributed by atoms with E-state index in [1.807, 2.05) is 17.7 Å². The van der Waals surface area contributed by atoms with E-state index in [4.69, 9.17) is 16.3 Å². The number of rotatable bonds is 7. The van der Waals surface area contributed by atoms with Gasteiger partial charge >= 0.3 is 6.03 Å². The summed E-state index contributed by atoms with van der Waals surface area (Å²) in [5, 5.41) is 2.65. The molecule has 1 fully saturated rings. The Balaban J connectivity index is 1.09. The molecule has 4 aromatic rings. The van der Waals surface area contributed by atoms with Gasteiger partial charge in [0.1, 0.15) is 24.1 Å². The average molecular weight is 562 g/mol. The molecule has 0 aliphatic carbocycles. The second-order valence-corrected chi connectivity index (χ2v) is 10.1. The molecule has 0 unspecified atom stereocenters. The van der Waals surface area contributed by atoms with Crippen LogP contribution in [0.2, 0.25) is 5.02 Å². The highest BCUT2D eigenvalue weighted by atomic mass is 35.5. The average Bonchev–Trinajstić information content (AvgIpc) is 3.51. The van der Waals surface area contributed by atoms with E-state index in [2.05, 4.69) is 37.3 Å². The van der Waals surface area contributed by atoms with Crippen molar-refractivity contribution in [3.63, 3.8) is 0 Å². The van der Waals surface area contributed by atoms with Crippen molar-refractivity contribution in [2.45, 2.75) is 32.7 Å². The fourth-order valence-electron chi connectivity index (χ4n) is 4.96. The number of carbonyl (C=O) groups is 2. The third-order valence-corrected chi connectivity index (χ3v) is 7.39. The van der Waals surface area contributed by atoms with Crippen LogP contribution in [0.5, 0.6) is 5.88 Å². The number of nitrogens with one attached hydrogen (secondary N) is 1. The summed E-state index contributed by atoms with van der Waals surface area (Å²) in [5.74, 6) is 0.959. The van der Waals surface area contributed by atoms with Gasteiger partial charge in [-0.25, -0.2) is 19.2 Å². The second-order valence-electron chi connectivity index (χ2n) is 9.72. The van der Waals surface area contributed by atoms with Crippen LogP contribution in [-0.4, -0.2) is 42.9 Å². The first-order chi connectivity index (χ1) is 19.4. The van der Waals surface area contributed by atoms with E-state index in [-0.39, 0.29) is 24.5 Å². The van der Waals surface area contributed by atoms with E-state index in [1.165, 1.54) is 28.3 Å². The Bertz CT molecular complexity index is 1590. The SMILES string of the molecule is Cn1c(N2CCC(=O)NC2=O)cnc1-c1ccc2c(c1)CN(Cc1cnc(OCc3c(F)cccc3Cl)cn1)C2. The maximum atomic E-state index is 14.0. The van der Waals surface area contributed by atoms with E-state index in [0.29, 0.717) is 29.8 Å². The Morgan fingerprint density at radius 2 is 1.90 bits per heavy atom. The monoisotopic (exact) mass is 561 g/mol. The van der Waals surface area contributed by atoms with Crippen molar-refractivity contribution in [1.82, 2.24) is 29.7 Å². The normalized spacial score (nSPS) is 15.3. The number of anilines is 1. The number of fused-ring (bicyclic) bond motifs is 1. The number of urea groups is 1. The van der Waals surface area contributed by atoms with Gasteiger partial charge < -0.3 is 9.30 Å². The Morgan fingerprint density at radius 3 is 2.67 bits per heavy atom. The van der Waals surface area contributed by atoms with Gasteiger partial charge in [0.2, 0.25) is 11.8 Å². The topological polar surface area (TPSA) is 105 Å². The number of imide groups is 1. The van der Waals surface area contributed by atoms with Gasteiger partial charge in [-0.15, -0.1) is 0 Å². The van der Waals surface area contributed by atoms with Crippen molar-refractivity contribution in [2.24, 2.45) is 7.05 Å². The minimum Gasteiger partial charge on any atom is -0.472 e. The highest BCUT2D eigenvalue weighted by Crippen LogP contribution is 2.31. The lowest BCUT2D eigenvalue weighted by molar-refractivity contribution is -0.120. The highest BCUT2D eigenvalue weighted by molar-refractivity contribution is 6.31.